The van der Waals surface area contributed by atoms with Crippen molar-refractivity contribution in [3.05, 3.63) is 119 Å². The van der Waals surface area contributed by atoms with Crippen molar-refractivity contribution in [3.8, 4) is 22.6 Å². The number of ether oxygens (including phenoxy) is 1. The van der Waals surface area contributed by atoms with Crippen LogP contribution >= 0.6 is 0 Å². The molecular weight excluding hydrogens is 449 g/mol. The highest BCUT2D eigenvalue weighted by atomic mass is 16.5. The number of hydrogen-bond acceptors (Lipinski definition) is 2. The molecule has 178 valence electrons. The lowest BCUT2D eigenvalue weighted by Gasteiger charge is -2.41. The fraction of sp³-hybridized carbons (Fsp3) is 0.118. The van der Waals surface area contributed by atoms with Crippen LogP contribution in [0.25, 0.3) is 11.1 Å². The van der Waals surface area contributed by atoms with Gasteiger partial charge in [0.1, 0.15) is 11.5 Å². The standard InChI is InChI=1S/C34H28BNO/c1-21-17-24(4)33-28(18-21)36(26-13-6-5-7-14-26)29-19-25(32-22(2)11-10-12-23(32)3)20-31-34(29)35(33)27-15-8-9-16-30(27)37-31/h5-20H,1-4H3. The second-order valence-corrected chi connectivity index (χ2v) is 10.4. The Labute approximate surface area is 219 Å². The molecule has 5 aromatic carbocycles. The van der Waals surface area contributed by atoms with E-state index in [4.69, 9.17) is 4.74 Å². The van der Waals surface area contributed by atoms with Gasteiger partial charge in [0.25, 0.3) is 6.71 Å². The Kier molecular flexibility index (Phi) is 4.84. The Balaban J connectivity index is 1.62. The molecule has 0 radical (unpaired) electrons. The first-order valence-corrected chi connectivity index (χ1v) is 13.0. The highest BCUT2D eigenvalue weighted by molar-refractivity contribution is 6.99. The van der Waals surface area contributed by atoms with Gasteiger partial charge in [-0.1, -0.05) is 66.2 Å². The Morgan fingerprint density at radius 3 is 2.08 bits per heavy atom. The molecule has 0 N–H and O–H groups in total. The van der Waals surface area contributed by atoms with E-state index in [0.29, 0.717) is 0 Å². The first-order valence-electron chi connectivity index (χ1n) is 13.0. The quantitative estimate of drug-likeness (QED) is 0.249. The number of nitrogens with zero attached hydrogens (tertiary/aromatic N) is 1. The predicted molar refractivity (Wildman–Crippen MR) is 157 cm³/mol. The van der Waals surface area contributed by atoms with E-state index >= 15 is 0 Å². The van der Waals surface area contributed by atoms with Crippen molar-refractivity contribution >= 4 is 40.2 Å². The molecule has 3 heteroatoms. The van der Waals surface area contributed by atoms with Crippen LogP contribution in [-0.4, -0.2) is 6.71 Å². The van der Waals surface area contributed by atoms with E-state index < -0.39 is 0 Å². The molecule has 0 saturated carbocycles. The molecule has 0 spiro atoms. The number of aryl methyl sites for hydroxylation is 4. The normalized spacial score (nSPS) is 13.0. The predicted octanol–water partition coefficient (Wildman–Crippen LogP) is 6.99. The average Bonchev–Trinajstić information content (AvgIpc) is 2.88. The molecule has 5 aromatic rings. The van der Waals surface area contributed by atoms with E-state index in [1.807, 2.05) is 0 Å². The molecule has 2 aliphatic rings. The molecule has 37 heavy (non-hydrogen) atoms. The lowest BCUT2D eigenvalue weighted by Crippen LogP contribution is -2.60. The Morgan fingerprint density at radius 1 is 0.595 bits per heavy atom. The van der Waals surface area contributed by atoms with Crippen LogP contribution in [0.4, 0.5) is 17.1 Å². The van der Waals surface area contributed by atoms with Crippen molar-refractivity contribution in [2.24, 2.45) is 0 Å². The zero-order valence-electron chi connectivity index (χ0n) is 21.7. The van der Waals surface area contributed by atoms with E-state index in [1.54, 1.807) is 0 Å². The van der Waals surface area contributed by atoms with E-state index in [1.165, 1.54) is 61.1 Å². The molecule has 0 bridgehead atoms. The molecule has 0 aliphatic carbocycles. The van der Waals surface area contributed by atoms with Gasteiger partial charge in [-0.3, -0.25) is 0 Å². The monoisotopic (exact) mass is 477 g/mol. The van der Waals surface area contributed by atoms with Gasteiger partial charge in [-0.2, -0.15) is 0 Å². The highest BCUT2D eigenvalue weighted by Crippen LogP contribution is 2.44. The molecule has 2 aliphatic heterocycles. The number of hydrogen-bond donors (Lipinski definition) is 0. The van der Waals surface area contributed by atoms with Gasteiger partial charge >= 0.3 is 0 Å². The SMILES string of the molecule is Cc1cc(C)c2c(c1)N(c1ccccc1)c1cc(-c3c(C)cccc3C)cc3c1B2c1ccccc1O3. The lowest BCUT2D eigenvalue weighted by molar-refractivity contribution is 0.487. The molecular formula is C34H28BNO. The zero-order valence-corrected chi connectivity index (χ0v) is 21.7. The van der Waals surface area contributed by atoms with Crippen LogP contribution in [0.3, 0.4) is 0 Å². The molecule has 2 heterocycles. The first-order chi connectivity index (χ1) is 18.0. The van der Waals surface area contributed by atoms with Crippen molar-refractivity contribution < 1.29 is 4.74 Å². The van der Waals surface area contributed by atoms with Crippen LogP contribution in [0.2, 0.25) is 0 Å². The summed E-state index contributed by atoms with van der Waals surface area (Å²) in [5.41, 5.74) is 15.0. The summed E-state index contributed by atoms with van der Waals surface area (Å²) < 4.78 is 6.70. The van der Waals surface area contributed by atoms with Crippen molar-refractivity contribution in [3.63, 3.8) is 0 Å². The average molecular weight is 477 g/mol. The largest absolute Gasteiger partial charge is 0.458 e. The summed E-state index contributed by atoms with van der Waals surface area (Å²) in [5.74, 6) is 1.90. The third kappa shape index (κ3) is 3.27. The summed E-state index contributed by atoms with van der Waals surface area (Å²) in [7, 11) is 0. The Hall–Kier alpha value is -4.24. The summed E-state index contributed by atoms with van der Waals surface area (Å²) in [6, 6.07) is 35.1. The first kappa shape index (κ1) is 22.0. The third-order valence-corrected chi connectivity index (χ3v) is 7.92. The summed E-state index contributed by atoms with van der Waals surface area (Å²) in [6.07, 6.45) is 0. The maximum Gasteiger partial charge on any atom is 0.256 e. The van der Waals surface area contributed by atoms with Gasteiger partial charge in [0.05, 0.1) is 0 Å². The summed E-state index contributed by atoms with van der Waals surface area (Å²) in [4.78, 5) is 2.44. The summed E-state index contributed by atoms with van der Waals surface area (Å²) in [5, 5.41) is 0. The number of rotatable bonds is 2. The summed E-state index contributed by atoms with van der Waals surface area (Å²) >= 11 is 0. The minimum atomic E-state index is 0.123. The number of fused-ring (bicyclic) bond motifs is 4. The highest BCUT2D eigenvalue weighted by Gasteiger charge is 2.42. The Bertz CT molecular complexity index is 1690. The Morgan fingerprint density at radius 2 is 1.30 bits per heavy atom. The van der Waals surface area contributed by atoms with Crippen molar-refractivity contribution in [1.29, 1.82) is 0 Å². The lowest BCUT2D eigenvalue weighted by atomic mass is 9.33. The fourth-order valence-electron chi connectivity index (χ4n) is 6.47. The van der Waals surface area contributed by atoms with Crippen LogP contribution in [0, 0.1) is 27.7 Å². The van der Waals surface area contributed by atoms with Gasteiger partial charge < -0.3 is 9.64 Å². The topological polar surface area (TPSA) is 12.5 Å². The van der Waals surface area contributed by atoms with Gasteiger partial charge in [0, 0.05) is 17.1 Å². The number of benzene rings is 5. The second kappa shape index (κ2) is 8.14. The van der Waals surface area contributed by atoms with Crippen molar-refractivity contribution in [1.82, 2.24) is 0 Å². The van der Waals surface area contributed by atoms with Crippen LogP contribution < -0.4 is 26.0 Å². The van der Waals surface area contributed by atoms with Crippen LogP contribution in [0.1, 0.15) is 22.3 Å². The molecule has 2 nitrogen and oxygen atoms in total. The fourth-order valence-corrected chi connectivity index (χ4v) is 6.47. The maximum absolute atomic E-state index is 6.70. The molecule has 0 unspecified atom stereocenters. The maximum atomic E-state index is 6.70. The van der Waals surface area contributed by atoms with Crippen molar-refractivity contribution in [2.75, 3.05) is 4.90 Å². The van der Waals surface area contributed by atoms with E-state index in [9.17, 15) is 0 Å². The molecule has 0 atom stereocenters. The molecule has 0 amide bonds. The molecule has 7 rings (SSSR count). The van der Waals surface area contributed by atoms with Crippen LogP contribution in [-0.2, 0) is 0 Å². The summed E-state index contributed by atoms with van der Waals surface area (Å²) in [6.45, 7) is 8.97. The van der Waals surface area contributed by atoms with Crippen LogP contribution in [0.5, 0.6) is 11.5 Å². The molecule has 0 aromatic heterocycles. The third-order valence-electron chi connectivity index (χ3n) is 7.92. The molecule has 0 saturated heterocycles. The minimum absolute atomic E-state index is 0.123. The van der Waals surface area contributed by atoms with E-state index in [-0.39, 0.29) is 6.71 Å². The van der Waals surface area contributed by atoms with E-state index in [0.717, 1.165) is 17.2 Å². The van der Waals surface area contributed by atoms with Gasteiger partial charge in [-0.05, 0) is 108 Å². The van der Waals surface area contributed by atoms with Gasteiger partial charge in [0.2, 0.25) is 0 Å². The zero-order chi connectivity index (χ0) is 25.3. The van der Waals surface area contributed by atoms with Gasteiger partial charge in [-0.15, -0.1) is 0 Å². The van der Waals surface area contributed by atoms with Gasteiger partial charge in [-0.25, -0.2) is 0 Å². The molecule has 0 fully saturated rings. The number of anilines is 3. The van der Waals surface area contributed by atoms with Crippen LogP contribution in [0.15, 0.2) is 97.1 Å². The second-order valence-electron chi connectivity index (χ2n) is 10.4. The van der Waals surface area contributed by atoms with Gasteiger partial charge in [0.15, 0.2) is 0 Å². The minimum Gasteiger partial charge on any atom is -0.458 e. The number of para-hydroxylation sites is 2. The van der Waals surface area contributed by atoms with E-state index in [2.05, 4.69) is 130 Å². The van der Waals surface area contributed by atoms with Crippen molar-refractivity contribution in [2.45, 2.75) is 27.7 Å². The smallest absolute Gasteiger partial charge is 0.256 e.